The first-order valence-corrected chi connectivity index (χ1v) is 10.7. The van der Waals surface area contributed by atoms with Gasteiger partial charge in [-0.15, -0.1) is 32.9 Å². The molecule has 0 aliphatic heterocycles. The first kappa shape index (κ1) is 18.8. The number of nitrogens with one attached hydrogen (secondary N) is 1. The average molecular weight is 418 g/mol. The Labute approximate surface area is 169 Å². The number of esters is 1. The highest BCUT2D eigenvalue weighted by molar-refractivity contribution is 7.17. The number of nitrogens with zero attached hydrogens (tertiary/aromatic N) is 2. The molecule has 0 saturated heterocycles. The first-order valence-electron chi connectivity index (χ1n) is 9.03. The summed E-state index contributed by atoms with van der Waals surface area (Å²) in [7, 11) is 0. The Morgan fingerprint density at radius 2 is 2.11 bits per heavy atom. The number of carbonyl (C=O) groups excluding carboxylic acids is 2. The Balaban J connectivity index is 1.56. The van der Waals surface area contributed by atoms with Gasteiger partial charge in [0.05, 0.1) is 10.4 Å². The molecule has 0 aromatic carbocycles. The highest BCUT2D eigenvalue weighted by Gasteiger charge is 2.29. The molecule has 3 aromatic rings. The van der Waals surface area contributed by atoms with Gasteiger partial charge in [-0.3, -0.25) is 4.79 Å². The van der Waals surface area contributed by atoms with Crippen molar-refractivity contribution in [2.45, 2.75) is 45.6 Å². The summed E-state index contributed by atoms with van der Waals surface area (Å²) >= 11 is 2.95. The van der Waals surface area contributed by atoms with Crippen molar-refractivity contribution in [3.05, 3.63) is 39.4 Å². The summed E-state index contributed by atoms with van der Waals surface area (Å²) in [4.78, 5) is 26.5. The lowest BCUT2D eigenvalue weighted by atomic mass is 9.95. The minimum Gasteiger partial charge on any atom is -0.449 e. The topological polar surface area (TPSA) is 94.3 Å². The van der Waals surface area contributed by atoms with Crippen LogP contribution in [0, 0.1) is 0 Å². The van der Waals surface area contributed by atoms with Crippen LogP contribution in [-0.4, -0.2) is 22.1 Å². The Morgan fingerprint density at radius 3 is 2.86 bits per heavy atom. The minimum absolute atomic E-state index is 0.210. The molecule has 7 nitrogen and oxygen atoms in total. The molecule has 146 valence electrons. The SMILES string of the molecule is CC(=O)Nc1sc2c(c1C(=O)OC(C)c1nnc(-c3cccs3)o1)CCCC2. The van der Waals surface area contributed by atoms with Crippen LogP contribution in [0.15, 0.2) is 21.9 Å². The van der Waals surface area contributed by atoms with E-state index in [2.05, 4.69) is 15.5 Å². The Kier molecular flexibility index (Phi) is 5.27. The summed E-state index contributed by atoms with van der Waals surface area (Å²) in [6, 6.07) is 3.78. The van der Waals surface area contributed by atoms with Gasteiger partial charge >= 0.3 is 5.97 Å². The smallest absolute Gasteiger partial charge is 0.342 e. The van der Waals surface area contributed by atoms with E-state index in [-0.39, 0.29) is 11.8 Å². The van der Waals surface area contributed by atoms with E-state index in [0.717, 1.165) is 41.0 Å². The second kappa shape index (κ2) is 7.84. The van der Waals surface area contributed by atoms with E-state index >= 15 is 0 Å². The molecule has 1 N–H and O–H groups in total. The predicted molar refractivity (Wildman–Crippen MR) is 107 cm³/mol. The Morgan fingerprint density at radius 1 is 1.29 bits per heavy atom. The number of ether oxygens (including phenoxy) is 1. The fraction of sp³-hybridized carbons (Fsp3) is 0.368. The molecule has 28 heavy (non-hydrogen) atoms. The lowest BCUT2D eigenvalue weighted by Gasteiger charge is -2.14. The predicted octanol–water partition coefficient (Wildman–Crippen LogP) is 4.61. The van der Waals surface area contributed by atoms with Gasteiger partial charge in [-0.2, -0.15) is 0 Å². The van der Waals surface area contributed by atoms with E-state index in [1.54, 1.807) is 6.92 Å². The molecular formula is C19H19N3O4S2. The minimum atomic E-state index is -0.696. The lowest BCUT2D eigenvalue weighted by Crippen LogP contribution is -2.15. The number of thiophene rings is 2. The van der Waals surface area contributed by atoms with Crippen molar-refractivity contribution in [2.24, 2.45) is 0 Å². The molecule has 1 atom stereocenters. The van der Waals surface area contributed by atoms with Crippen molar-refractivity contribution >= 4 is 39.6 Å². The fourth-order valence-corrected chi connectivity index (χ4v) is 5.17. The Hall–Kier alpha value is -2.52. The van der Waals surface area contributed by atoms with Crippen LogP contribution in [0.4, 0.5) is 5.00 Å². The largest absolute Gasteiger partial charge is 0.449 e. The molecule has 0 fully saturated rings. The summed E-state index contributed by atoms with van der Waals surface area (Å²) in [6.07, 6.45) is 3.15. The van der Waals surface area contributed by atoms with Crippen molar-refractivity contribution in [3.63, 3.8) is 0 Å². The van der Waals surface area contributed by atoms with Crippen LogP contribution < -0.4 is 5.32 Å². The van der Waals surface area contributed by atoms with Gasteiger partial charge < -0.3 is 14.5 Å². The third kappa shape index (κ3) is 3.72. The Bertz CT molecular complexity index is 1010. The van der Waals surface area contributed by atoms with E-state index in [9.17, 15) is 9.59 Å². The van der Waals surface area contributed by atoms with Crippen LogP contribution in [0.1, 0.15) is 59.5 Å². The molecule has 1 unspecified atom stereocenters. The van der Waals surface area contributed by atoms with Crippen LogP contribution in [0.2, 0.25) is 0 Å². The molecular weight excluding hydrogens is 398 g/mol. The zero-order chi connectivity index (χ0) is 19.7. The fourth-order valence-electron chi connectivity index (χ4n) is 3.20. The van der Waals surface area contributed by atoms with Crippen LogP contribution in [0.3, 0.4) is 0 Å². The number of rotatable bonds is 5. The lowest BCUT2D eigenvalue weighted by molar-refractivity contribution is -0.114. The molecule has 9 heteroatoms. The van der Waals surface area contributed by atoms with Gasteiger partial charge in [-0.05, 0) is 49.6 Å². The maximum absolute atomic E-state index is 12.9. The summed E-state index contributed by atoms with van der Waals surface area (Å²) < 4.78 is 11.3. The molecule has 3 aromatic heterocycles. The number of aromatic nitrogens is 2. The van der Waals surface area contributed by atoms with Gasteiger partial charge in [-0.1, -0.05) is 6.07 Å². The zero-order valence-corrected chi connectivity index (χ0v) is 17.1. The molecule has 1 aliphatic carbocycles. The molecule has 0 radical (unpaired) electrons. The van der Waals surface area contributed by atoms with Crippen LogP contribution in [0.25, 0.3) is 10.8 Å². The molecule has 3 heterocycles. The standard InChI is InChI=1S/C19H19N3O4S2/c1-10(16-21-22-17(26-16)14-8-5-9-27-14)25-19(24)15-12-6-3-4-7-13(12)28-18(15)20-11(2)23/h5,8-10H,3-4,6-7H2,1-2H3,(H,20,23). The number of hydrogen-bond donors (Lipinski definition) is 1. The summed E-state index contributed by atoms with van der Waals surface area (Å²) in [6.45, 7) is 3.13. The number of hydrogen-bond acceptors (Lipinski definition) is 8. The average Bonchev–Trinajstić information content (AvgIpc) is 3.39. The molecule has 0 spiro atoms. The van der Waals surface area contributed by atoms with Gasteiger partial charge in [0.2, 0.25) is 5.91 Å². The maximum atomic E-state index is 12.9. The zero-order valence-electron chi connectivity index (χ0n) is 15.5. The van der Waals surface area contributed by atoms with E-state index in [0.29, 0.717) is 16.5 Å². The van der Waals surface area contributed by atoms with Crippen molar-refractivity contribution in [1.29, 1.82) is 0 Å². The molecule has 4 rings (SSSR count). The number of fused-ring (bicyclic) bond motifs is 1. The van der Waals surface area contributed by atoms with E-state index in [4.69, 9.17) is 9.15 Å². The molecule has 0 bridgehead atoms. The van der Waals surface area contributed by atoms with Crippen LogP contribution in [-0.2, 0) is 22.4 Å². The van der Waals surface area contributed by atoms with Crippen LogP contribution >= 0.6 is 22.7 Å². The van der Waals surface area contributed by atoms with E-state index in [1.807, 2.05) is 17.5 Å². The van der Waals surface area contributed by atoms with Gasteiger partial charge in [0, 0.05) is 11.8 Å². The van der Waals surface area contributed by atoms with E-state index < -0.39 is 12.1 Å². The third-order valence-electron chi connectivity index (χ3n) is 4.47. The van der Waals surface area contributed by atoms with E-state index in [1.165, 1.54) is 29.6 Å². The van der Waals surface area contributed by atoms with Crippen molar-refractivity contribution in [3.8, 4) is 10.8 Å². The van der Waals surface area contributed by atoms with Crippen LogP contribution in [0.5, 0.6) is 0 Å². The van der Waals surface area contributed by atoms with Crippen molar-refractivity contribution in [1.82, 2.24) is 10.2 Å². The number of carbonyl (C=O) groups is 2. The number of anilines is 1. The number of amides is 1. The molecule has 0 saturated carbocycles. The molecule has 1 aliphatic rings. The maximum Gasteiger partial charge on any atom is 0.342 e. The highest BCUT2D eigenvalue weighted by Crippen LogP contribution is 2.39. The molecule has 1 amide bonds. The second-order valence-electron chi connectivity index (χ2n) is 6.57. The first-order chi connectivity index (χ1) is 13.5. The van der Waals surface area contributed by atoms with Gasteiger partial charge in [0.25, 0.3) is 11.8 Å². The highest BCUT2D eigenvalue weighted by atomic mass is 32.1. The monoisotopic (exact) mass is 417 g/mol. The van der Waals surface area contributed by atoms with Gasteiger partial charge in [-0.25, -0.2) is 4.79 Å². The van der Waals surface area contributed by atoms with Gasteiger partial charge in [0.1, 0.15) is 5.00 Å². The van der Waals surface area contributed by atoms with Crippen molar-refractivity contribution in [2.75, 3.05) is 5.32 Å². The summed E-state index contributed by atoms with van der Waals surface area (Å²) in [5, 5.41) is 13.3. The summed E-state index contributed by atoms with van der Waals surface area (Å²) in [5.74, 6) is -0.0496. The normalized spacial score (nSPS) is 14.4. The third-order valence-corrected chi connectivity index (χ3v) is 6.53. The van der Waals surface area contributed by atoms with Crippen molar-refractivity contribution < 1.29 is 18.7 Å². The number of aryl methyl sites for hydroxylation is 1. The summed E-state index contributed by atoms with van der Waals surface area (Å²) in [5.41, 5.74) is 1.45. The second-order valence-corrected chi connectivity index (χ2v) is 8.62. The van der Waals surface area contributed by atoms with Gasteiger partial charge in [0.15, 0.2) is 6.10 Å². The quantitative estimate of drug-likeness (QED) is 0.609.